The van der Waals surface area contributed by atoms with E-state index in [1.54, 1.807) is 45.5 Å². The minimum Gasteiger partial charge on any atom is -0.802 e. The number of rotatable bonds is 9. The standard InChI is InChI=1S/C28H19N3.C22H24N.C21H22N.C15H10N.C12H10N.C10H8N.C6H5N2.2C5H8O2.2Ir.2Pt/c1-4-12-22(13-5-1)25-18-10-20-27(29-25)31(24-16-8-3-9-17-24)28-21-11-19-26(30-28)23-14-6-2-7-15-23;1-22(2)18-10-17-11-21(23-13-19(17)20(22)12-18)16-8-7-14-5-3-4-6-15(14)9-16;1-2-4-14-9-19-17(7-13(14)3-1)11-22-12-20-16-6-5-15(8-16)18(20)10-21(19)22;1-2-7-13(8-3-1)15-14-9-5-4-6-12(14)10-11-16-15;1-2-6-11-10(5-1)9-13-8-4-3-7-12(11)13;11-10-7-3-5-8-4-1-2-6-9(8)10;7-5-3-1-2-4-6(5)8;2*1-4(6)3-5(2)7;;;;/h1-12,14,16-21H;7,9,11,13,18,20H,3-6,10,12H2,1-2H3;7,9-10,12,15-16H,1-6,8,11H2;1-7,9-11H;1-8H,9H2;1-6H,11H2;1-4,7H;2*3,6H,1-2H3;;;;/q-2;-1;+1;-1;+1;2*-1;;;;;;+2/b;;;;;;;4-3-;;;;;. The number of carbonyl (C=O) groups excluding carboxylic acids is 2. The fourth-order valence-electron chi connectivity index (χ4n) is 20.3. The van der Waals surface area contributed by atoms with Crippen LogP contribution in [0, 0.1) is 47.1 Å². The van der Waals surface area contributed by atoms with E-state index in [9.17, 15) is 9.59 Å². The number of para-hydroxylation sites is 1. The van der Waals surface area contributed by atoms with Crippen molar-refractivity contribution < 1.29 is 111 Å². The molecule has 4 bridgehead atoms. The van der Waals surface area contributed by atoms with Gasteiger partial charge in [-0.1, -0.05) is 166 Å². The first-order valence-electron chi connectivity index (χ1n) is 48.0. The number of aromatic nitrogens is 6. The van der Waals surface area contributed by atoms with Gasteiger partial charge in [0.25, 0.3) is 0 Å². The summed E-state index contributed by atoms with van der Waals surface area (Å²) in [5, 5.41) is 37.1. The van der Waals surface area contributed by atoms with Gasteiger partial charge in [0.1, 0.15) is 11.6 Å². The summed E-state index contributed by atoms with van der Waals surface area (Å²) >= 11 is 0. The molecule has 8 heterocycles. The van der Waals surface area contributed by atoms with Gasteiger partial charge in [0.15, 0.2) is 37.0 Å². The van der Waals surface area contributed by atoms with Gasteiger partial charge >= 0.3 is 21.1 Å². The van der Waals surface area contributed by atoms with E-state index in [-0.39, 0.29) is 117 Å². The minimum atomic E-state index is -0.125. The van der Waals surface area contributed by atoms with Crippen molar-refractivity contribution >= 4 is 67.5 Å². The Bertz CT molecular complexity index is 7080. The Morgan fingerprint density at radius 3 is 1.65 bits per heavy atom. The van der Waals surface area contributed by atoms with Crippen LogP contribution < -0.4 is 19.8 Å². The third-order valence-electron chi connectivity index (χ3n) is 27.2. The summed E-state index contributed by atoms with van der Waals surface area (Å²) in [6.45, 7) is 12.7. The molecule has 10 aliphatic rings. The molecule has 2 saturated carbocycles. The Labute approximate surface area is 890 Å². The number of nitrogens with one attached hydrogen (secondary N) is 1. The molecule has 2 radical (unpaired) electrons. The van der Waals surface area contributed by atoms with Crippen LogP contribution in [0.25, 0.3) is 94.5 Å². The van der Waals surface area contributed by atoms with Crippen molar-refractivity contribution in [3.63, 3.8) is 0 Å². The largest absolute Gasteiger partial charge is 2.00 e. The van der Waals surface area contributed by atoms with Gasteiger partial charge in [0.2, 0.25) is 11.4 Å². The molecule has 18 heteroatoms. The molecule has 10 aromatic carbocycles. The predicted octanol–water partition coefficient (Wildman–Crippen LogP) is 27.4. The fourth-order valence-corrected chi connectivity index (χ4v) is 20.3. The molecule has 8 aliphatic carbocycles. The van der Waals surface area contributed by atoms with Gasteiger partial charge in [-0.3, -0.25) is 24.5 Å². The number of aliphatic hydroxyl groups is 2. The number of aliphatic hydroxyl groups excluding tert-OH is 2. The number of ketones is 2. The van der Waals surface area contributed by atoms with Crippen LogP contribution in [0.2, 0.25) is 0 Å². The predicted molar refractivity (Wildman–Crippen MR) is 559 cm³/mol. The summed E-state index contributed by atoms with van der Waals surface area (Å²) in [5.74, 6) is 4.79. The second-order valence-corrected chi connectivity index (χ2v) is 37.1. The third-order valence-corrected chi connectivity index (χ3v) is 27.2. The molecule has 2 aliphatic heterocycles. The van der Waals surface area contributed by atoms with E-state index < -0.39 is 0 Å². The van der Waals surface area contributed by atoms with Gasteiger partial charge in [0, 0.05) is 132 Å². The van der Waals surface area contributed by atoms with Crippen LogP contribution in [0.15, 0.2) is 358 Å². The topological polar surface area (TPSA) is 209 Å². The molecule has 5 N–H and O–H groups in total. The first-order chi connectivity index (χ1) is 67.2. The van der Waals surface area contributed by atoms with Crippen LogP contribution in [-0.2, 0) is 137 Å². The molecule has 6 aromatic heterocycles. The van der Waals surface area contributed by atoms with E-state index in [1.165, 1.54) is 202 Å². The molecule has 142 heavy (non-hydrogen) atoms. The van der Waals surface area contributed by atoms with Gasteiger partial charge < -0.3 is 36.7 Å². The minimum absolute atomic E-state index is 0. The number of aryl methyl sites for hydroxylation is 4. The molecule has 0 spiro atoms. The number of fused-ring (bicyclic) bond motifs is 15. The number of nitrogen functional groups attached to an aromatic ring is 1. The first kappa shape index (κ1) is 106. The van der Waals surface area contributed by atoms with Crippen molar-refractivity contribution in [1.82, 2.24) is 19.9 Å². The van der Waals surface area contributed by atoms with Crippen LogP contribution in [-0.4, -0.2) is 53.1 Å². The van der Waals surface area contributed by atoms with Crippen LogP contribution in [0.3, 0.4) is 0 Å². The van der Waals surface area contributed by atoms with Gasteiger partial charge in [-0.15, -0.1) is 165 Å². The number of anilines is 4. The zero-order chi connectivity index (χ0) is 95.6. The van der Waals surface area contributed by atoms with E-state index in [0.29, 0.717) is 5.41 Å². The van der Waals surface area contributed by atoms with Crippen molar-refractivity contribution in [3.8, 4) is 67.5 Å². The van der Waals surface area contributed by atoms with Crippen molar-refractivity contribution in [3.05, 3.63) is 449 Å². The third kappa shape index (κ3) is 26.0. The van der Waals surface area contributed by atoms with Gasteiger partial charge in [-0.2, -0.15) is 27.3 Å². The Balaban J connectivity index is 0.000000139. The van der Waals surface area contributed by atoms with Crippen molar-refractivity contribution in [2.75, 3.05) is 10.6 Å². The molecule has 724 valence electrons. The van der Waals surface area contributed by atoms with Crippen molar-refractivity contribution in [2.45, 2.75) is 156 Å². The number of nitrogens with zero attached hydrogens (tertiary/aromatic N) is 8. The number of pyridine rings is 6. The molecular weight excluding hydrogens is 2470 g/mol. The van der Waals surface area contributed by atoms with E-state index in [4.69, 9.17) is 41.7 Å². The molecule has 4 unspecified atom stereocenters. The second kappa shape index (κ2) is 50.2. The summed E-state index contributed by atoms with van der Waals surface area (Å²) in [4.78, 5) is 41.3. The van der Waals surface area contributed by atoms with Gasteiger partial charge in [-0.25, -0.2) is 0 Å². The summed E-state index contributed by atoms with van der Waals surface area (Å²) in [7, 11) is 0. The zero-order valence-electron chi connectivity index (χ0n) is 80.5. The maximum Gasteiger partial charge on any atom is 2.00 e. The van der Waals surface area contributed by atoms with E-state index in [2.05, 4.69) is 185 Å². The number of hydrogen-bond acceptors (Lipinski definition) is 11. The van der Waals surface area contributed by atoms with E-state index in [1.807, 2.05) is 188 Å². The Kier molecular flexibility index (Phi) is 37.6. The number of nitrogens with two attached hydrogens (primary N) is 1. The normalized spacial score (nSPS) is 16.0. The molecule has 26 rings (SSSR count). The summed E-state index contributed by atoms with van der Waals surface area (Å²) in [6.07, 6.45) is 34.7. The summed E-state index contributed by atoms with van der Waals surface area (Å²) in [6, 6.07) is 114. The number of benzene rings is 10. The Morgan fingerprint density at radius 1 is 0.493 bits per heavy atom. The van der Waals surface area contributed by atoms with E-state index >= 15 is 0 Å². The van der Waals surface area contributed by atoms with Crippen molar-refractivity contribution in [2.24, 2.45) is 11.3 Å². The summed E-state index contributed by atoms with van der Waals surface area (Å²) in [5.41, 5.74) is 37.5. The average molecular weight is 2580 g/mol. The maximum atomic E-state index is 10.0. The molecule has 0 saturated heterocycles. The Morgan fingerprint density at radius 2 is 1.06 bits per heavy atom. The molecule has 14 nitrogen and oxygen atoms in total. The second-order valence-electron chi connectivity index (χ2n) is 37.1. The maximum absolute atomic E-state index is 10.0. The van der Waals surface area contributed by atoms with E-state index in [0.717, 1.165) is 105 Å². The first-order valence-corrected chi connectivity index (χ1v) is 48.0. The number of allylic oxidation sites excluding steroid dienone is 8. The van der Waals surface area contributed by atoms with Crippen molar-refractivity contribution in [1.29, 1.82) is 5.41 Å². The quantitative estimate of drug-likeness (QED) is 0.0268. The number of hydrogen-bond donors (Lipinski definition) is 4. The smallest absolute Gasteiger partial charge is 0.802 e. The molecule has 4 atom stereocenters. The fraction of sp³-hybridized carbons (Fsp3) is 0.210. The SMILES string of the molecule is CC(=O)/C=C(/C)O.CC(=O)C=C(C)O.CC1(C)C2Cc3cc(-c4[c-]cc5c(c4)CCCC5)ncc3C1C2.Nc1[c-]ccc2ccccc12.[Ir].[Ir].[N-]=C1C=CC=CC1=N.[Pt+2].[Pt].[c-]1ccccc1-c1cccc(N(c2ccccc2)c2cccc(-c3[c-]cccc3)n2)n1.[c-]1ccccc1-c1nccc2ccccc12.c1c2c(cc3c1C[n+]1cc4c(cc1-3)C1CCC4C1)CCCC2.c1ccc2c(c1)C[n+]1ccccc1-2. The molecule has 16 aromatic rings. The van der Waals surface area contributed by atoms with Crippen LogP contribution in [0.4, 0.5) is 23.0 Å². The molecule has 0 amide bonds. The monoisotopic (exact) mass is 2580 g/mol. The van der Waals surface area contributed by atoms with Gasteiger partial charge in [0.05, 0.1) is 22.6 Å². The van der Waals surface area contributed by atoms with Crippen LogP contribution in [0.1, 0.15) is 166 Å². The van der Waals surface area contributed by atoms with Crippen LogP contribution in [0.5, 0.6) is 0 Å². The molecular formula is C124H114Ir2N10O4Pt2-2. The number of carbonyl (C=O) groups is 2. The summed E-state index contributed by atoms with van der Waals surface area (Å²) < 4.78 is 4.82. The van der Waals surface area contributed by atoms with Gasteiger partial charge in [-0.05, 0) is 243 Å². The Hall–Kier alpha value is -12.9. The molecule has 2 fully saturated rings. The average Bonchev–Trinajstić information content (AvgIpc) is 0.809. The van der Waals surface area contributed by atoms with Crippen LogP contribution >= 0.6 is 0 Å². The zero-order valence-corrected chi connectivity index (χ0v) is 89.8.